The monoisotopic (exact) mass is 360 g/mol. The number of rotatable bonds is 5. The minimum atomic E-state index is 0.0378. The number of carbonyl (C=O) groups is 1. The smallest absolute Gasteiger partial charge is 0.228 e. The molecule has 5 nitrogen and oxygen atoms in total. The molecule has 0 saturated carbocycles. The standard InChI is InChI=1S/C22H24N4O/c27-22(24-20-8-10-21(11-9-20)26-14-12-23-17-26)19-7-4-13-25(16-19)15-18-5-2-1-3-6-18/h1-3,5-6,8-12,14,17,19H,4,7,13,15-16H2,(H,24,27). The second-order valence-electron chi connectivity index (χ2n) is 7.07. The molecule has 4 rings (SSSR count). The molecule has 1 aromatic heterocycles. The highest BCUT2D eigenvalue weighted by Gasteiger charge is 2.25. The number of likely N-dealkylation sites (tertiary alicyclic amines) is 1. The zero-order valence-corrected chi connectivity index (χ0v) is 15.3. The van der Waals surface area contributed by atoms with Crippen LogP contribution >= 0.6 is 0 Å². The molecule has 27 heavy (non-hydrogen) atoms. The molecule has 1 aliphatic heterocycles. The van der Waals surface area contributed by atoms with Crippen LogP contribution in [0.4, 0.5) is 5.69 Å². The van der Waals surface area contributed by atoms with Crippen molar-refractivity contribution < 1.29 is 4.79 Å². The van der Waals surface area contributed by atoms with Crippen LogP contribution in [0.5, 0.6) is 0 Å². The van der Waals surface area contributed by atoms with E-state index in [1.165, 1.54) is 5.56 Å². The Balaban J connectivity index is 1.35. The van der Waals surface area contributed by atoms with E-state index in [0.717, 1.165) is 43.9 Å². The number of hydrogen-bond donors (Lipinski definition) is 1. The lowest BCUT2D eigenvalue weighted by Crippen LogP contribution is -2.40. The molecular weight excluding hydrogens is 336 g/mol. The molecule has 1 N–H and O–H groups in total. The van der Waals surface area contributed by atoms with Crippen LogP contribution in [-0.2, 0) is 11.3 Å². The van der Waals surface area contributed by atoms with Gasteiger partial charge in [-0.15, -0.1) is 0 Å². The molecule has 1 unspecified atom stereocenters. The third-order valence-electron chi connectivity index (χ3n) is 5.06. The Labute approximate surface area is 159 Å². The number of nitrogens with one attached hydrogen (secondary N) is 1. The summed E-state index contributed by atoms with van der Waals surface area (Å²) in [6.45, 7) is 2.77. The van der Waals surface area contributed by atoms with Gasteiger partial charge in [0.15, 0.2) is 0 Å². The Bertz CT molecular complexity index is 859. The van der Waals surface area contributed by atoms with Gasteiger partial charge < -0.3 is 9.88 Å². The highest BCUT2D eigenvalue weighted by Crippen LogP contribution is 2.21. The average molecular weight is 360 g/mol. The van der Waals surface area contributed by atoms with E-state index in [-0.39, 0.29) is 11.8 Å². The van der Waals surface area contributed by atoms with Crippen molar-refractivity contribution >= 4 is 11.6 Å². The lowest BCUT2D eigenvalue weighted by molar-refractivity contribution is -0.121. The molecule has 3 aromatic rings. The summed E-state index contributed by atoms with van der Waals surface area (Å²) in [7, 11) is 0. The van der Waals surface area contributed by atoms with E-state index in [2.05, 4.69) is 39.5 Å². The lowest BCUT2D eigenvalue weighted by Gasteiger charge is -2.32. The van der Waals surface area contributed by atoms with Crippen LogP contribution < -0.4 is 5.32 Å². The summed E-state index contributed by atoms with van der Waals surface area (Å²) in [5.41, 5.74) is 3.16. The molecule has 1 saturated heterocycles. The predicted molar refractivity (Wildman–Crippen MR) is 107 cm³/mol. The summed E-state index contributed by atoms with van der Waals surface area (Å²) in [5.74, 6) is 0.152. The normalized spacial score (nSPS) is 17.6. The molecule has 1 atom stereocenters. The molecule has 5 heteroatoms. The SMILES string of the molecule is O=C(Nc1ccc(-n2ccnc2)cc1)C1CCCN(Cc2ccccc2)C1. The van der Waals surface area contributed by atoms with Crippen molar-refractivity contribution in [1.29, 1.82) is 0 Å². The van der Waals surface area contributed by atoms with E-state index in [1.54, 1.807) is 12.5 Å². The van der Waals surface area contributed by atoms with Crippen LogP contribution in [-0.4, -0.2) is 33.4 Å². The maximum absolute atomic E-state index is 12.7. The molecule has 1 amide bonds. The molecular formula is C22H24N4O. The largest absolute Gasteiger partial charge is 0.326 e. The fourth-order valence-electron chi connectivity index (χ4n) is 3.63. The maximum Gasteiger partial charge on any atom is 0.228 e. The number of anilines is 1. The summed E-state index contributed by atoms with van der Waals surface area (Å²) in [5, 5.41) is 3.08. The van der Waals surface area contributed by atoms with Gasteiger partial charge in [0.25, 0.3) is 0 Å². The number of nitrogens with zero attached hydrogens (tertiary/aromatic N) is 3. The van der Waals surface area contributed by atoms with Crippen molar-refractivity contribution in [3.63, 3.8) is 0 Å². The molecule has 2 aromatic carbocycles. The van der Waals surface area contributed by atoms with Gasteiger partial charge in [-0.05, 0) is 49.2 Å². The Hall–Kier alpha value is -2.92. The van der Waals surface area contributed by atoms with E-state index in [4.69, 9.17) is 0 Å². The van der Waals surface area contributed by atoms with Crippen molar-refractivity contribution in [1.82, 2.24) is 14.5 Å². The van der Waals surface area contributed by atoms with Crippen molar-refractivity contribution in [3.8, 4) is 5.69 Å². The fraction of sp³-hybridized carbons (Fsp3) is 0.273. The van der Waals surface area contributed by atoms with Gasteiger partial charge in [-0.1, -0.05) is 30.3 Å². The van der Waals surface area contributed by atoms with Crippen molar-refractivity contribution in [2.24, 2.45) is 5.92 Å². The summed E-state index contributed by atoms with van der Waals surface area (Å²) in [6, 6.07) is 18.3. The van der Waals surface area contributed by atoms with Crippen LogP contribution in [0.2, 0.25) is 0 Å². The van der Waals surface area contributed by atoms with Gasteiger partial charge >= 0.3 is 0 Å². The van der Waals surface area contributed by atoms with E-state index < -0.39 is 0 Å². The predicted octanol–water partition coefficient (Wildman–Crippen LogP) is 3.72. The summed E-state index contributed by atoms with van der Waals surface area (Å²) in [4.78, 5) is 19.2. The number of hydrogen-bond acceptors (Lipinski definition) is 3. The number of amides is 1. The second-order valence-corrected chi connectivity index (χ2v) is 7.07. The first kappa shape index (κ1) is 17.5. The third kappa shape index (κ3) is 4.44. The highest BCUT2D eigenvalue weighted by molar-refractivity contribution is 5.92. The molecule has 1 aliphatic rings. The number of aromatic nitrogens is 2. The molecule has 2 heterocycles. The van der Waals surface area contributed by atoms with Crippen molar-refractivity contribution in [3.05, 3.63) is 78.9 Å². The molecule has 1 fully saturated rings. The van der Waals surface area contributed by atoms with E-state index in [0.29, 0.717) is 0 Å². The number of piperidine rings is 1. The van der Waals surface area contributed by atoms with E-state index >= 15 is 0 Å². The lowest BCUT2D eigenvalue weighted by atomic mass is 9.96. The summed E-state index contributed by atoms with van der Waals surface area (Å²) < 4.78 is 1.94. The Kier molecular flexibility index (Phi) is 5.30. The first-order valence-electron chi connectivity index (χ1n) is 9.43. The summed E-state index contributed by atoms with van der Waals surface area (Å²) >= 11 is 0. The Morgan fingerprint density at radius 1 is 1.11 bits per heavy atom. The number of imidazole rings is 1. The summed E-state index contributed by atoms with van der Waals surface area (Å²) in [6.07, 6.45) is 7.42. The molecule has 0 aliphatic carbocycles. The van der Waals surface area contributed by atoms with Gasteiger partial charge in [-0.25, -0.2) is 4.98 Å². The van der Waals surface area contributed by atoms with E-state index in [1.807, 2.05) is 41.1 Å². The average Bonchev–Trinajstić information content (AvgIpc) is 3.24. The van der Waals surface area contributed by atoms with Crippen LogP contribution in [0.3, 0.4) is 0 Å². The minimum absolute atomic E-state index is 0.0378. The molecule has 0 bridgehead atoms. The van der Waals surface area contributed by atoms with Gasteiger partial charge in [0.2, 0.25) is 5.91 Å². The van der Waals surface area contributed by atoms with Gasteiger partial charge in [0.1, 0.15) is 0 Å². The molecule has 0 spiro atoms. The van der Waals surface area contributed by atoms with Gasteiger partial charge in [0.05, 0.1) is 12.2 Å². The third-order valence-corrected chi connectivity index (χ3v) is 5.06. The van der Waals surface area contributed by atoms with E-state index in [9.17, 15) is 4.79 Å². The topological polar surface area (TPSA) is 50.2 Å². The van der Waals surface area contributed by atoms with Crippen LogP contribution in [0.15, 0.2) is 73.3 Å². The molecule has 0 radical (unpaired) electrons. The Morgan fingerprint density at radius 3 is 2.67 bits per heavy atom. The number of benzene rings is 2. The van der Waals surface area contributed by atoms with Crippen LogP contribution in [0.25, 0.3) is 5.69 Å². The Morgan fingerprint density at radius 2 is 1.93 bits per heavy atom. The first-order chi connectivity index (χ1) is 13.3. The maximum atomic E-state index is 12.7. The number of carbonyl (C=O) groups excluding carboxylic acids is 1. The highest BCUT2D eigenvalue weighted by atomic mass is 16.1. The van der Waals surface area contributed by atoms with Gasteiger partial charge in [0, 0.05) is 36.9 Å². The minimum Gasteiger partial charge on any atom is -0.326 e. The molecule has 138 valence electrons. The zero-order valence-electron chi connectivity index (χ0n) is 15.3. The van der Waals surface area contributed by atoms with Crippen LogP contribution in [0, 0.1) is 5.92 Å². The van der Waals surface area contributed by atoms with Crippen molar-refractivity contribution in [2.45, 2.75) is 19.4 Å². The van der Waals surface area contributed by atoms with Gasteiger partial charge in [-0.3, -0.25) is 9.69 Å². The van der Waals surface area contributed by atoms with Crippen LogP contribution in [0.1, 0.15) is 18.4 Å². The van der Waals surface area contributed by atoms with Crippen molar-refractivity contribution in [2.75, 3.05) is 18.4 Å². The zero-order chi connectivity index (χ0) is 18.5. The first-order valence-corrected chi connectivity index (χ1v) is 9.43. The van der Waals surface area contributed by atoms with Gasteiger partial charge in [-0.2, -0.15) is 0 Å². The fourth-order valence-corrected chi connectivity index (χ4v) is 3.63. The quantitative estimate of drug-likeness (QED) is 0.754. The second kappa shape index (κ2) is 8.18.